The van der Waals surface area contributed by atoms with Crippen molar-refractivity contribution in [2.24, 2.45) is 0 Å². The zero-order valence-electron chi connectivity index (χ0n) is 19.1. The highest BCUT2D eigenvalue weighted by Gasteiger charge is 2.29. The number of nitrogens with zero attached hydrogens (tertiary/aromatic N) is 2. The Morgan fingerprint density at radius 1 is 0.824 bits per heavy atom. The van der Waals surface area contributed by atoms with Gasteiger partial charge in [-0.15, -0.1) is 0 Å². The first-order valence-electron chi connectivity index (χ1n) is 10.8. The summed E-state index contributed by atoms with van der Waals surface area (Å²) in [6, 6.07) is 3.81. The van der Waals surface area contributed by atoms with Gasteiger partial charge in [-0.3, -0.25) is 29.8 Å². The number of hydrogen-bond donors (Lipinski definition) is 2. The number of halogens is 1. The minimum absolute atomic E-state index is 0.0297. The molecule has 0 spiro atoms. The molecule has 0 unspecified atom stereocenters. The van der Waals surface area contributed by atoms with Gasteiger partial charge in [-0.25, -0.2) is 0 Å². The fraction of sp³-hybridized carbons (Fsp3) is 0.391. The number of rotatable bonds is 4. The Hall–Kier alpha value is -3.34. The summed E-state index contributed by atoms with van der Waals surface area (Å²) in [4.78, 5) is 43.7. The molecule has 4 rings (SSSR count). The Morgan fingerprint density at radius 2 is 1.26 bits per heavy atom. The molecule has 0 bridgehead atoms. The predicted molar refractivity (Wildman–Crippen MR) is 131 cm³/mol. The molecule has 0 fully saturated rings. The second-order valence-electron chi connectivity index (χ2n) is 8.36. The van der Waals surface area contributed by atoms with Gasteiger partial charge in [-0.1, -0.05) is 6.07 Å². The van der Waals surface area contributed by atoms with E-state index in [-0.39, 0.29) is 33.8 Å². The molecule has 180 valence electrons. The van der Waals surface area contributed by atoms with Crippen molar-refractivity contribution < 1.29 is 19.4 Å². The summed E-state index contributed by atoms with van der Waals surface area (Å²) in [5.41, 5.74) is 5.06. The van der Waals surface area contributed by atoms with Crippen LogP contribution < -0.4 is 10.6 Å². The van der Waals surface area contributed by atoms with E-state index in [1.165, 1.54) is 13.8 Å². The lowest BCUT2D eigenvalue weighted by molar-refractivity contribution is -0.384. The number of nitro groups is 2. The number of hydrogen-bond acceptors (Lipinski definition) is 6. The lowest BCUT2D eigenvalue weighted by atomic mass is 10.0. The molecule has 2 aliphatic rings. The van der Waals surface area contributed by atoms with Crippen LogP contribution in [-0.2, 0) is 35.3 Å². The second kappa shape index (κ2) is 10.3. The molecule has 2 amide bonds. The van der Waals surface area contributed by atoms with Crippen molar-refractivity contribution in [3.63, 3.8) is 0 Å². The summed E-state index contributed by atoms with van der Waals surface area (Å²) in [7, 11) is 0. The summed E-state index contributed by atoms with van der Waals surface area (Å²) in [5, 5.41) is 27.4. The third-order valence-corrected chi connectivity index (χ3v) is 6.48. The zero-order valence-corrected chi connectivity index (χ0v) is 20.7. The van der Waals surface area contributed by atoms with Crippen molar-refractivity contribution in [3.05, 3.63) is 64.7 Å². The lowest BCUT2D eigenvalue weighted by Crippen LogP contribution is -2.11. The van der Waals surface area contributed by atoms with Gasteiger partial charge in [0.15, 0.2) is 0 Å². The van der Waals surface area contributed by atoms with Gasteiger partial charge < -0.3 is 10.6 Å². The third-order valence-electron chi connectivity index (χ3n) is 5.86. The van der Waals surface area contributed by atoms with Crippen LogP contribution in [0.1, 0.15) is 54.5 Å². The van der Waals surface area contributed by atoms with Gasteiger partial charge in [0.25, 0.3) is 11.4 Å². The Morgan fingerprint density at radius 3 is 1.74 bits per heavy atom. The van der Waals surface area contributed by atoms with Crippen LogP contribution in [0.3, 0.4) is 0 Å². The van der Waals surface area contributed by atoms with Gasteiger partial charge in [0.05, 0.1) is 9.85 Å². The predicted octanol–water partition coefficient (Wildman–Crippen LogP) is 5.15. The number of fused-ring (bicyclic) bond motifs is 2. The van der Waals surface area contributed by atoms with Gasteiger partial charge in [0.1, 0.15) is 11.4 Å². The molecule has 0 heterocycles. The number of carbonyl (C=O) groups is 2. The molecule has 0 aliphatic heterocycles. The first-order chi connectivity index (χ1) is 16.0. The van der Waals surface area contributed by atoms with Crippen LogP contribution >= 0.6 is 15.9 Å². The number of anilines is 2. The van der Waals surface area contributed by atoms with Gasteiger partial charge in [0.2, 0.25) is 11.8 Å². The summed E-state index contributed by atoms with van der Waals surface area (Å²) in [6.45, 7) is 4.48. The Kier molecular flexibility index (Phi) is 7.65. The molecule has 0 aromatic heterocycles. The highest BCUT2D eigenvalue weighted by molar-refractivity contribution is 9.10. The summed E-state index contributed by atoms with van der Waals surface area (Å²) in [5.74, 6) is -0.596. The molecule has 2 N–H and O–H groups in total. The fourth-order valence-electron chi connectivity index (χ4n) is 4.59. The highest BCUT2D eigenvalue weighted by Crippen LogP contribution is 2.42. The van der Waals surface area contributed by atoms with Crippen LogP contribution in [0.2, 0.25) is 0 Å². The van der Waals surface area contributed by atoms with E-state index in [0.29, 0.717) is 16.6 Å². The standard InChI is InChI=1S/C12H14N2O3.C11H11BrN2O3/c1-7-6-9-4-3-5-10(9)12(14(16)17)11(7)13-8(2)15;1-6(15)13-10-9(12)5-7-3-2-4-8(7)11(10)14(16)17/h6H,3-5H2,1-2H3,(H,13,15);5H,2-4H2,1H3,(H,13,15). The van der Waals surface area contributed by atoms with Crippen LogP contribution in [0.5, 0.6) is 0 Å². The molecular weight excluding hydrogens is 508 g/mol. The van der Waals surface area contributed by atoms with Crippen LogP contribution in [-0.4, -0.2) is 21.7 Å². The van der Waals surface area contributed by atoms with E-state index in [9.17, 15) is 29.8 Å². The molecule has 2 aromatic carbocycles. The lowest BCUT2D eigenvalue weighted by Gasteiger charge is -2.11. The van der Waals surface area contributed by atoms with Crippen LogP contribution in [0.15, 0.2) is 16.6 Å². The third kappa shape index (κ3) is 5.24. The first kappa shape index (κ1) is 25.3. The van der Waals surface area contributed by atoms with Crippen molar-refractivity contribution in [2.75, 3.05) is 10.6 Å². The number of benzene rings is 2. The first-order valence-corrected chi connectivity index (χ1v) is 11.6. The average molecular weight is 533 g/mol. The van der Waals surface area contributed by atoms with E-state index >= 15 is 0 Å². The van der Waals surface area contributed by atoms with E-state index < -0.39 is 4.92 Å². The normalized spacial score (nSPS) is 13.3. The van der Waals surface area contributed by atoms with Crippen molar-refractivity contribution in [3.8, 4) is 0 Å². The van der Waals surface area contributed by atoms with Crippen LogP contribution in [0, 0.1) is 27.2 Å². The number of nitro benzene ring substituents is 2. The largest absolute Gasteiger partial charge is 0.320 e. The molecule has 0 saturated carbocycles. The fourth-order valence-corrected chi connectivity index (χ4v) is 5.15. The molecule has 0 radical (unpaired) electrons. The number of carbonyl (C=O) groups excluding carboxylic acids is 2. The van der Waals surface area contributed by atoms with Gasteiger partial charge in [0, 0.05) is 29.4 Å². The molecule has 10 nitrogen and oxygen atoms in total. The van der Waals surface area contributed by atoms with E-state index in [4.69, 9.17) is 0 Å². The van der Waals surface area contributed by atoms with Crippen LogP contribution in [0.25, 0.3) is 0 Å². The number of amides is 2. The minimum Gasteiger partial charge on any atom is -0.320 e. The average Bonchev–Trinajstić information content (AvgIpc) is 3.37. The highest BCUT2D eigenvalue weighted by atomic mass is 79.9. The van der Waals surface area contributed by atoms with Gasteiger partial charge >= 0.3 is 0 Å². The maximum absolute atomic E-state index is 11.2. The van der Waals surface area contributed by atoms with E-state index in [0.717, 1.165) is 59.9 Å². The Labute approximate surface area is 204 Å². The molecule has 2 aliphatic carbocycles. The zero-order chi connectivity index (χ0) is 25.2. The minimum atomic E-state index is -0.416. The summed E-state index contributed by atoms with van der Waals surface area (Å²) < 4.78 is 0.569. The molecular formula is C23H25BrN4O6. The van der Waals surface area contributed by atoms with Gasteiger partial charge in [-0.05, 0) is 84.1 Å². The van der Waals surface area contributed by atoms with Crippen molar-refractivity contribution in [2.45, 2.75) is 59.3 Å². The summed E-state index contributed by atoms with van der Waals surface area (Å²) in [6.07, 6.45) is 5.03. The second-order valence-corrected chi connectivity index (χ2v) is 9.21. The van der Waals surface area contributed by atoms with Crippen molar-refractivity contribution in [1.29, 1.82) is 0 Å². The Balaban J connectivity index is 0.000000191. The monoisotopic (exact) mass is 532 g/mol. The van der Waals surface area contributed by atoms with Gasteiger partial charge in [-0.2, -0.15) is 0 Å². The molecule has 34 heavy (non-hydrogen) atoms. The number of nitrogens with one attached hydrogen (secondary N) is 2. The van der Waals surface area contributed by atoms with E-state index in [2.05, 4.69) is 26.6 Å². The maximum atomic E-state index is 11.2. The summed E-state index contributed by atoms with van der Waals surface area (Å²) >= 11 is 3.28. The van der Waals surface area contributed by atoms with E-state index in [1.807, 2.05) is 12.1 Å². The maximum Gasteiger partial charge on any atom is 0.297 e. The van der Waals surface area contributed by atoms with Crippen LogP contribution in [0.4, 0.5) is 22.7 Å². The van der Waals surface area contributed by atoms with Crippen molar-refractivity contribution >= 4 is 50.5 Å². The SMILES string of the molecule is CC(=O)Nc1c(Br)cc2c(c1[N+](=O)[O-])CCC2.CC(=O)Nc1c(C)cc2c(c1[N+](=O)[O-])CCC2. The Bertz CT molecular complexity index is 1120. The number of aryl methyl sites for hydroxylation is 3. The topological polar surface area (TPSA) is 144 Å². The smallest absolute Gasteiger partial charge is 0.297 e. The molecule has 0 atom stereocenters. The van der Waals surface area contributed by atoms with Crippen molar-refractivity contribution in [1.82, 2.24) is 0 Å². The molecule has 11 heteroatoms. The quantitative estimate of drug-likeness (QED) is 0.411. The molecule has 2 aromatic rings. The van der Waals surface area contributed by atoms with E-state index in [1.54, 1.807) is 6.92 Å². The molecule has 0 saturated heterocycles.